The number of carbonyl (C=O) groups is 1. The quantitative estimate of drug-likeness (QED) is 0.232. The Labute approximate surface area is 129 Å². The maximum atomic E-state index is 10.7. The molecule has 0 aliphatic carbocycles. The third-order valence-electron chi connectivity index (χ3n) is 3.87. The van der Waals surface area contributed by atoms with E-state index in [0.29, 0.717) is 0 Å². The van der Waals surface area contributed by atoms with Gasteiger partial charge in [0.25, 0.3) is 10.9 Å². The van der Waals surface area contributed by atoms with E-state index in [9.17, 15) is 30.2 Å². The molecule has 0 saturated carbocycles. The average Bonchev–Trinajstić information content (AvgIpc) is 2.91. The molecule has 0 bridgehead atoms. The molecule has 2 fully saturated rings. The Morgan fingerprint density at radius 2 is 2.26 bits per heavy atom. The number of nitrogens with zero attached hydrogens (tertiary/aromatic N) is 1. The van der Waals surface area contributed by atoms with E-state index in [1.54, 1.807) is 0 Å². The van der Waals surface area contributed by atoms with Gasteiger partial charge in [0.1, 0.15) is 24.4 Å². The second kappa shape index (κ2) is 6.05. The van der Waals surface area contributed by atoms with Crippen LogP contribution >= 0.6 is 0 Å². The molecule has 23 heavy (non-hydrogen) atoms. The van der Waals surface area contributed by atoms with Gasteiger partial charge in [-0.2, -0.15) is 0 Å². The maximum absolute atomic E-state index is 10.7. The monoisotopic (exact) mass is 338 g/mol. The molecule has 2 aliphatic heterocycles. The first kappa shape index (κ1) is 17.6. The van der Waals surface area contributed by atoms with E-state index in [1.165, 1.54) is 6.92 Å². The van der Waals surface area contributed by atoms with Gasteiger partial charge in [-0.25, -0.2) is 4.79 Å². The van der Waals surface area contributed by atoms with E-state index in [2.05, 4.69) is 9.57 Å². The summed E-state index contributed by atoms with van der Waals surface area (Å²) in [5.74, 6) is -2.81. The SMILES string of the molecule is CC(C[C@](O)(O[N+](=O)[O-])[C@]1(O)CO[C@@H]2[C@@H](O)CO[C@@H]21)OC(N)=O. The Kier molecular flexibility index (Phi) is 4.64. The van der Waals surface area contributed by atoms with E-state index in [1.807, 2.05) is 0 Å². The van der Waals surface area contributed by atoms with Crippen molar-refractivity contribution in [1.29, 1.82) is 0 Å². The molecule has 6 atom stereocenters. The van der Waals surface area contributed by atoms with Gasteiger partial charge in [-0.3, -0.25) is 4.84 Å². The zero-order valence-corrected chi connectivity index (χ0v) is 12.2. The first-order chi connectivity index (χ1) is 10.6. The summed E-state index contributed by atoms with van der Waals surface area (Å²) in [5.41, 5.74) is 2.48. The number of aliphatic hydroxyl groups is 3. The number of primary amides is 1. The summed E-state index contributed by atoms with van der Waals surface area (Å²) in [6.07, 6.45) is -6.27. The predicted octanol–water partition coefficient (Wildman–Crippen LogP) is -2.35. The van der Waals surface area contributed by atoms with Gasteiger partial charge in [0.15, 0.2) is 5.60 Å². The van der Waals surface area contributed by atoms with Crippen LogP contribution in [0.1, 0.15) is 13.3 Å². The van der Waals surface area contributed by atoms with Gasteiger partial charge in [0.2, 0.25) is 0 Å². The van der Waals surface area contributed by atoms with Crippen molar-refractivity contribution in [1.82, 2.24) is 0 Å². The summed E-state index contributed by atoms with van der Waals surface area (Å²) in [5, 5.41) is 40.4. The summed E-state index contributed by atoms with van der Waals surface area (Å²) < 4.78 is 14.9. The lowest BCUT2D eigenvalue weighted by molar-refractivity contribution is -0.803. The molecule has 132 valence electrons. The van der Waals surface area contributed by atoms with Crippen molar-refractivity contribution >= 4 is 6.09 Å². The van der Waals surface area contributed by atoms with E-state index in [-0.39, 0.29) is 6.61 Å². The minimum Gasteiger partial charge on any atom is -0.447 e. The lowest BCUT2D eigenvalue weighted by atomic mass is 9.84. The van der Waals surface area contributed by atoms with Crippen molar-refractivity contribution in [3.8, 4) is 0 Å². The van der Waals surface area contributed by atoms with E-state index in [0.717, 1.165) is 0 Å². The minimum atomic E-state index is -2.81. The largest absolute Gasteiger partial charge is 0.447 e. The summed E-state index contributed by atoms with van der Waals surface area (Å²) >= 11 is 0. The van der Waals surface area contributed by atoms with Crippen molar-refractivity contribution in [2.75, 3.05) is 13.2 Å². The van der Waals surface area contributed by atoms with Crippen LogP contribution in [0.15, 0.2) is 0 Å². The normalized spacial score (nSPS) is 36.8. The molecule has 1 amide bonds. The zero-order valence-electron chi connectivity index (χ0n) is 12.2. The fourth-order valence-electron chi connectivity index (χ4n) is 2.89. The van der Waals surface area contributed by atoms with Crippen LogP contribution in [0, 0.1) is 10.1 Å². The first-order valence-corrected chi connectivity index (χ1v) is 6.74. The minimum absolute atomic E-state index is 0.181. The van der Waals surface area contributed by atoms with Gasteiger partial charge in [-0.1, -0.05) is 0 Å². The highest BCUT2D eigenvalue weighted by Gasteiger charge is 2.67. The molecular formula is C11H18N2O10. The highest BCUT2D eigenvalue weighted by atomic mass is 17.0. The van der Waals surface area contributed by atoms with Crippen molar-refractivity contribution in [3.05, 3.63) is 10.1 Å². The molecule has 2 aliphatic rings. The van der Waals surface area contributed by atoms with Gasteiger partial charge in [0.05, 0.1) is 13.2 Å². The maximum Gasteiger partial charge on any atom is 0.404 e. The van der Waals surface area contributed by atoms with E-state index >= 15 is 0 Å². The molecule has 0 radical (unpaired) electrons. The average molecular weight is 338 g/mol. The molecule has 0 spiro atoms. The Balaban J connectivity index is 2.26. The zero-order chi connectivity index (χ0) is 17.4. The van der Waals surface area contributed by atoms with Crippen LogP contribution in [0.2, 0.25) is 0 Å². The first-order valence-electron chi connectivity index (χ1n) is 6.74. The van der Waals surface area contributed by atoms with Gasteiger partial charge < -0.3 is 35.3 Å². The number of amides is 1. The van der Waals surface area contributed by atoms with Crippen LogP contribution in [0.3, 0.4) is 0 Å². The van der Waals surface area contributed by atoms with E-state index < -0.39 is 60.0 Å². The van der Waals surface area contributed by atoms with Crippen LogP contribution in [-0.4, -0.2) is 75.5 Å². The van der Waals surface area contributed by atoms with Crippen LogP contribution in [-0.2, 0) is 19.0 Å². The molecule has 12 heteroatoms. The summed E-state index contributed by atoms with van der Waals surface area (Å²) in [7, 11) is 0. The van der Waals surface area contributed by atoms with Crippen molar-refractivity contribution in [2.24, 2.45) is 5.73 Å². The molecule has 12 nitrogen and oxygen atoms in total. The molecule has 2 heterocycles. The van der Waals surface area contributed by atoms with Crippen molar-refractivity contribution in [2.45, 2.75) is 49.1 Å². The fraction of sp³-hybridized carbons (Fsp3) is 0.909. The second-order valence-corrected chi connectivity index (χ2v) is 5.57. The number of hydrogen-bond donors (Lipinski definition) is 4. The Morgan fingerprint density at radius 1 is 1.61 bits per heavy atom. The van der Waals surface area contributed by atoms with Crippen LogP contribution in [0.25, 0.3) is 0 Å². The number of rotatable bonds is 6. The molecule has 0 aromatic rings. The number of carbonyl (C=O) groups excluding carboxylic acids is 1. The number of hydrogen-bond acceptors (Lipinski definition) is 10. The second-order valence-electron chi connectivity index (χ2n) is 5.57. The number of ether oxygens (including phenoxy) is 3. The van der Waals surface area contributed by atoms with Gasteiger partial charge in [-0.05, 0) is 6.92 Å². The molecule has 0 aromatic carbocycles. The molecule has 0 aromatic heterocycles. The summed E-state index contributed by atoms with van der Waals surface area (Å²) in [4.78, 5) is 25.7. The van der Waals surface area contributed by atoms with Crippen LogP contribution in [0.4, 0.5) is 4.79 Å². The number of aliphatic hydroxyl groups excluding tert-OH is 1. The third kappa shape index (κ3) is 3.16. The predicted molar refractivity (Wildman–Crippen MR) is 68.2 cm³/mol. The van der Waals surface area contributed by atoms with Crippen LogP contribution in [0.5, 0.6) is 0 Å². The Hall–Kier alpha value is -1.73. The highest BCUT2D eigenvalue weighted by molar-refractivity contribution is 5.64. The third-order valence-corrected chi connectivity index (χ3v) is 3.87. The van der Waals surface area contributed by atoms with Gasteiger partial charge >= 0.3 is 6.09 Å². The summed E-state index contributed by atoms with van der Waals surface area (Å²) in [6.45, 7) is 0.520. The molecule has 2 rings (SSSR count). The van der Waals surface area contributed by atoms with Gasteiger partial charge in [-0.15, -0.1) is 10.1 Å². The van der Waals surface area contributed by atoms with Gasteiger partial charge in [0, 0.05) is 6.42 Å². The van der Waals surface area contributed by atoms with Crippen LogP contribution < -0.4 is 5.73 Å². The Morgan fingerprint density at radius 3 is 2.83 bits per heavy atom. The highest BCUT2D eigenvalue weighted by Crippen LogP contribution is 2.43. The number of fused-ring (bicyclic) bond motifs is 1. The lowest BCUT2D eigenvalue weighted by Gasteiger charge is -2.41. The van der Waals surface area contributed by atoms with E-state index in [4.69, 9.17) is 15.2 Å². The molecule has 5 N–H and O–H groups in total. The summed E-state index contributed by atoms with van der Waals surface area (Å²) in [6, 6.07) is 0. The fourth-order valence-corrected chi connectivity index (χ4v) is 2.89. The smallest absolute Gasteiger partial charge is 0.404 e. The van der Waals surface area contributed by atoms with Crippen molar-refractivity contribution < 1.29 is 44.2 Å². The lowest BCUT2D eigenvalue weighted by Crippen LogP contribution is -2.65. The molecule has 2 saturated heterocycles. The number of nitrogens with two attached hydrogens (primary N) is 1. The molecule has 1 unspecified atom stereocenters. The molecular weight excluding hydrogens is 320 g/mol. The Bertz CT molecular complexity index is 489. The van der Waals surface area contributed by atoms with Crippen molar-refractivity contribution in [3.63, 3.8) is 0 Å². The standard InChI is InChI=1S/C11H18N2O10/c1-5(22-9(12)15)2-11(17,23-13(18)19)10(16)4-21-7-6(14)3-20-8(7)10/h5-8,14,16-17H,2-4H2,1H3,(H2,12,15)/t5?,6-,7+,8-,10-,11-/m0/s1. The topological polar surface area (TPSA) is 184 Å².